The van der Waals surface area contributed by atoms with Crippen molar-refractivity contribution in [1.82, 2.24) is 14.7 Å². The van der Waals surface area contributed by atoms with Gasteiger partial charge >= 0.3 is 0 Å². The number of hydrogen-bond donors (Lipinski definition) is 2. The summed E-state index contributed by atoms with van der Waals surface area (Å²) in [5.74, 6) is 0.303. The molecule has 1 fully saturated rings. The van der Waals surface area contributed by atoms with E-state index in [1.807, 2.05) is 36.6 Å². The minimum absolute atomic E-state index is 0.189. The molecule has 0 spiro atoms. The number of aryl methyl sites for hydroxylation is 1. The van der Waals surface area contributed by atoms with Crippen molar-refractivity contribution >= 4 is 11.3 Å². The molecular formula is C22H25N3O3S. The maximum Gasteiger partial charge on any atom is 0.266 e. The number of likely N-dealkylation sites (tertiary alicyclic amines) is 1. The number of rotatable bonds is 5. The van der Waals surface area contributed by atoms with Gasteiger partial charge in [0.1, 0.15) is 11.4 Å². The molecule has 1 aliphatic rings. The minimum atomic E-state index is -0.962. The van der Waals surface area contributed by atoms with E-state index in [0.29, 0.717) is 38.2 Å². The van der Waals surface area contributed by atoms with Crippen LogP contribution < -0.4 is 5.56 Å². The SMILES string of the molecule is Cc1ccc(O)c(CN2CCC(O)(Cn3nc(-c4cccs4)ccc3=O)CC2)c1. The molecule has 0 saturated carbocycles. The molecule has 1 aromatic carbocycles. The number of benzene rings is 1. The molecule has 0 amide bonds. The second-order valence-electron chi connectivity index (χ2n) is 7.82. The second-order valence-corrected chi connectivity index (χ2v) is 8.77. The van der Waals surface area contributed by atoms with E-state index in [1.165, 1.54) is 10.7 Å². The molecule has 152 valence electrons. The van der Waals surface area contributed by atoms with Gasteiger partial charge in [-0.2, -0.15) is 5.10 Å². The molecule has 3 heterocycles. The summed E-state index contributed by atoms with van der Waals surface area (Å²) >= 11 is 1.57. The fraction of sp³-hybridized carbons (Fsp3) is 0.364. The molecule has 0 bridgehead atoms. The first kappa shape index (κ1) is 19.8. The van der Waals surface area contributed by atoms with Gasteiger partial charge in [-0.3, -0.25) is 9.69 Å². The molecule has 2 N–H and O–H groups in total. The van der Waals surface area contributed by atoms with E-state index in [-0.39, 0.29) is 12.1 Å². The van der Waals surface area contributed by atoms with Crippen LogP contribution >= 0.6 is 11.3 Å². The Morgan fingerprint density at radius 3 is 2.69 bits per heavy atom. The molecule has 0 radical (unpaired) electrons. The third-order valence-corrected chi connectivity index (χ3v) is 6.39. The van der Waals surface area contributed by atoms with E-state index in [4.69, 9.17) is 0 Å². The smallest absolute Gasteiger partial charge is 0.266 e. The van der Waals surface area contributed by atoms with E-state index < -0.39 is 5.60 Å². The number of piperidine rings is 1. The highest BCUT2D eigenvalue weighted by Crippen LogP contribution is 2.27. The van der Waals surface area contributed by atoms with Crippen molar-refractivity contribution in [2.45, 2.75) is 38.5 Å². The number of aromatic hydroxyl groups is 1. The zero-order chi connectivity index (χ0) is 20.4. The normalized spacial score (nSPS) is 16.8. The third-order valence-electron chi connectivity index (χ3n) is 5.50. The van der Waals surface area contributed by atoms with E-state index in [0.717, 1.165) is 21.7 Å². The van der Waals surface area contributed by atoms with Crippen LogP contribution in [0.2, 0.25) is 0 Å². The van der Waals surface area contributed by atoms with Crippen LogP contribution in [0, 0.1) is 6.92 Å². The van der Waals surface area contributed by atoms with Gasteiger partial charge in [-0.1, -0.05) is 23.8 Å². The summed E-state index contributed by atoms with van der Waals surface area (Å²) in [6, 6.07) is 12.8. The lowest BCUT2D eigenvalue weighted by atomic mass is 9.91. The molecule has 3 aromatic rings. The topological polar surface area (TPSA) is 78.6 Å². The average molecular weight is 412 g/mol. The van der Waals surface area contributed by atoms with Crippen LogP contribution in [0.3, 0.4) is 0 Å². The molecule has 1 aliphatic heterocycles. The van der Waals surface area contributed by atoms with Crippen LogP contribution in [0.15, 0.2) is 52.6 Å². The van der Waals surface area contributed by atoms with Gasteiger partial charge < -0.3 is 10.2 Å². The second kappa shape index (κ2) is 8.10. The monoisotopic (exact) mass is 411 g/mol. The molecule has 0 unspecified atom stereocenters. The van der Waals surface area contributed by atoms with Crippen LogP contribution in [-0.2, 0) is 13.1 Å². The van der Waals surface area contributed by atoms with E-state index in [9.17, 15) is 15.0 Å². The fourth-order valence-corrected chi connectivity index (χ4v) is 4.45. The van der Waals surface area contributed by atoms with Gasteiger partial charge in [-0.15, -0.1) is 11.3 Å². The van der Waals surface area contributed by atoms with Crippen molar-refractivity contribution in [3.8, 4) is 16.3 Å². The lowest BCUT2D eigenvalue weighted by Crippen LogP contribution is -2.48. The Hall–Kier alpha value is -2.48. The highest BCUT2D eigenvalue weighted by atomic mass is 32.1. The summed E-state index contributed by atoms with van der Waals surface area (Å²) in [4.78, 5) is 15.5. The van der Waals surface area contributed by atoms with Crippen LogP contribution in [0.1, 0.15) is 24.0 Å². The maximum atomic E-state index is 12.3. The van der Waals surface area contributed by atoms with Gasteiger partial charge in [0.2, 0.25) is 0 Å². The zero-order valence-electron chi connectivity index (χ0n) is 16.4. The zero-order valence-corrected chi connectivity index (χ0v) is 17.2. The van der Waals surface area contributed by atoms with Crippen molar-refractivity contribution < 1.29 is 10.2 Å². The Kier molecular flexibility index (Phi) is 5.54. The lowest BCUT2D eigenvalue weighted by Gasteiger charge is -2.38. The number of aromatic nitrogens is 2. The van der Waals surface area contributed by atoms with E-state index in [1.54, 1.807) is 23.5 Å². The van der Waals surface area contributed by atoms with E-state index >= 15 is 0 Å². The van der Waals surface area contributed by atoms with Gasteiger partial charge in [-0.05, 0) is 43.3 Å². The Labute approximate surface area is 173 Å². The predicted octanol–water partition coefficient (Wildman–Crippen LogP) is 3.01. The predicted molar refractivity (Wildman–Crippen MR) is 114 cm³/mol. The van der Waals surface area contributed by atoms with E-state index in [2.05, 4.69) is 10.00 Å². The van der Waals surface area contributed by atoms with Crippen LogP contribution in [-0.4, -0.2) is 43.6 Å². The summed E-state index contributed by atoms with van der Waals surface area (Å²) in [5.41, 5.74) is 1.59. The van der Waals surface area contributed by atoms with Gasteiger partial charge in [0, 0.05) is 31.3 Å². The maximum absolute atomic E-state index is 12.3. The number of thiophene rings is 1. The van der Waals surface area contributed by atoms with Crippen molar-refractivity contribution in [3.05, 3.63) is 69.3 Å². The Balaban J connectivity index is 1.43. The molecule has 1 saturated heterocycles. The number of phenolic OH excluding ortho intramolecular Hbond substituents is 1. The number of phenols is 1. The molecular weight excluding hydrogens is 386 g/mol. The third kappa shape index (κ3) is 4.58. The fourth-order valence-electron chi connectivity index (χ4n) is 3.76. The quantitative estimate of drug-likeness (QED) is 0.675. The summed E-state index contributed by atoms with van der Waals surface area (Å²) in [5, 5.41) is 27.6. The van der Waals surface area contributed by atoms with Crippen molar-refractivity contribution in [2.24, 2.45) is 0 Å². The van der Waals surface area contributed by atoms with Crippen molar-refractivity contribution in [3.63, 3.8) is 0 Å². The number of aliphatic hydroxyl groups is 1. The molecule has 2 aromatic heterocycles. The van der Waals surface area contributed by atoms with Crippen LogP contribution in [0.25, 0.3) is 10.6 Å². The summed E-state index contributed by atoms with van der Waals surface area (Å²) < 4.78 is 1.39. The van der Waals surface area contributed by atoms with Gasteiger partial charge in [0.25, 0.3) is 5.56 Å². The first-order valence-electron chi connectivity index (χ1n) is 9.77. The van der Waals surface area contributed by atoms with Gasteiger partial charge in [0.05, 0.1) is 17.0 Å². The van der Waals surface area contributed by atoms with Crippen molar-refractivity contribution in [2.75, 3.05) is 13.1 Å². The van der Waals surface area contributed by atoms with Crippen LogP contribution in [0.5, 0.6) is 5.75 Å². The highest BCUT2D eigenvalue weighted by molar-refractivity contribution is 7.13. The molecule has 0 atom stereocenters. The lowest BCUT2D eigenvalue weighted by molar-refractivity contribution is -0.0390. The Morgan fingerprint density at radius 2 is 1.97 bits per heavy atom. The number of nitrogens with zero attached hydrogens (tertiary/aromatic N) is 3. The molecule has 6 nitrogen and oxygen atoms in total. The molecule has 0 aliphatic carbocycles. The first-order valence-corrected chi connectivity index (χ1v) is 10.7. The average Bonchev–Trinajstić information content (AvgIpc) is 3.23. The summed E-state index contributed by atoms with van der Waals surface area (Å²) in [7, 11) is 0. The van der Waals surface area contributed by atoms with Crippen molar-refractivity contribution in [1.29, 1.82) is 0 Å². The Bertz CT molecular complexity index is 1040. The number of hydrogen-bond acceptors (Lipinski definition) is 6. The minimum Gasteiger partial charge on any atom is -0.508 e. The molecule has 29 heavy (non-hydrogen) atoms. The summed E-state index contributed by atoms with van der Waals surface area (Å²) in [6.07, 6.45) is 1.11. The van der Waals surface area contributed by atoms with Gasteiger partial charge in [0.15, 0.2) is 0 Å². The standard InChI is InChI=1S/C22H25N3O3S/c1-16-4-6-19(26)17(13-16)14-24-10-8-22(28,9-11-24)15-25-21(27)7-5-18(23-25)20-3-2-12-29-20/h2-7,12-13,26,28H,8-11,14-15H2,1H3. The van der Waals surface area contributed by atoms with Crippen LogP contribution in [0.4, 0.5) is 0 Å². The Morgan fingerprint density at radius 1 is 1.17 bits per heavy atom. The van der Waals surface area contributed by atoms with Gasteiger partial charge in [-0.25, -0.2) is 4.68 Å². The first-order chi connectivity index (χ1) is 13.9. The molecule has 7 heteroatoms. The highest BCUT2D eigenvalue weighted by Gasteiger charge is 2.33. The largest absolute Gasteiger partial charge is 0.508 e. The summed E-state index contributed by atoms with van der Waals surface area (Å²) in [6.45, 7) is 4.24. The molecule has 4 rings (SSSR count).